The van der Waals surface area contributed by atoms with E-state index >= 15 is 0 Å². The van der Waals surface area contributed by atoms with Crippen LogP contribution >= 0.6 is 0 Å². The van der Waals surface area contributed by atoms with E-state index in [1.807, 2.05) is 31.2 Å². The molecule has 0 amide bonds. The number of ketones is 1. The summed E-state index contributed by atoms with van der Waals surface area (Å²) in [6.07, 6.45) is 5.07. The molecule has 0 saturated heterocycles. The van der Waals surface area contributed by atoms with Crippen LogP contribution < -0.4 is 0 Å². The number of aromatic nitrogens is 1. The zero-order valence-electron chi connectivity index (χ0n) is 13.9. The van der Waals surface area contributed by atoms with Crippen LogP contribution in [-0.4, -0.2) is 34.3 Å². The fourth-order valence-corrected chi connectivity index (χ4v) is 3.85. The maximum absolute atomic E-state index is 13.0. The van der Waals surface area contributed by atoms with Gasteiger partial charge in [0, 0.05) is 34.2 Å². The lowest BCUT2D eigenvalue weighted by atomic mass is 10.0. The monoisotopic (exact) mass is 298 g/mol. The predicted octanol–water partition coefficient (Wildman–Crippen LogP) is 4.31. The summed E-state index contributed by atoms with van der Waals surface area (Å²) >= 11 is 0. The Bertz CT molecular complexity index is 665. The Kier molecular flexibility index (Phi) is 4.34. The van der Waals surface area contributed by atoms with Crippen molar-refractivity contribution >= 4 is 16.7 Å². The molecule has 1 aliphatic rings. The van der Waals surface area contributed by atoms with Gasteiger partial charge in [-0.2, -0.15) is 0 Å². The second kappa shape index (κ2) is 6.25. The predicted molar refractivity (Wildman–Crippen MR) is 91.5 cm³/mol. The molecule has 3 heteroatoms. The van der Waals surface area contributed by atoms with Gasteiger partial charge in [-0.1, -0.05) is 31.0 Å². The molecule has 1 saturated carbocycles. The molecule has 0 radical (unpaired) electrons. The van der Waals surface area contributed by atoms with E-state index in [9.17, 15) is 4.79 Å². The van der Waals surface area contributed by atoms with E-state index in [0.717, 1.165) is 22.2 Å². The van der Waals surface area contributed by atoms with Crippen LogP contribution in [0.5, 0.6) is 0 Å². The number of benzene rings is 1. The van der Waals surface area contributed by atoms with E-state index in [-0.39, 0.29) is 5.78 Å². The van der Waals surface area contributed by atoms with E-state index in [2.05, 4.69) is 23.7 Å². The highest BCUT2D eigenvalue weighted by Gasteiger charge is 2.27. The van der Waals surface area contributed by atoms with Gasteiger partial charge in [0.2, 0.25) is 0 Å². The van der Waals surface area contributed by atoms with Crippen LogP contribution in [-0.2, 0) is 0 Å². The minimum atomic E-state index is 0.246. The van der Waals surface area contributed by atoms with Crippen molar-refractivity contribution in [1.29, 1.82) is 0 Å². The summed E-state index contributed by atoms with van der Waals surface area (Å²) in [7, 11) is 0. The number of carbonyl (C=O) groups excluding carboxylic acids is 1. The van der Waals surface area contributed by atoms with E-state index < -0.39 is 0 Å². The van der Waals surface area contributed by atoms with Crippen LogP contribution in [0, 0.1) is 6.92 Å². The Labute approximate surface area is 132 Å². The fourth-order valence-electron chi connectivity index (χ4n) is 3.85. The number of carbonyl (C=O) groups is 1. The number of aromatic amines is 1. The number of Topliss-reactive ketones (excluding diaryl/α,β-unsaturated/α-hetero) is 1. The summed E-state index contributed by atoms with van der Waals surface area (Å²) in [6, 6.07) is 9.08. The lowest BCUT2D eigenvalue weighted by molar-refractivity contribution is 0.0845. The first kappa shape index (κ1) is 15.3. The summed E-state index contributed by atoms with van der Waals surface area (Å²) < 4.78 is 0. The first-order valence-electron chi connectivity index (χ1n) is 8.44. The van der Waals surface area contributed by atoms with E-state index in [1.165, 1.54) is 25.7 Å². The van der Waals surface area contributed by atoms with Gasteiger partial charge < -0.3 is 4.98 Å². The van der Waals surface area contributed by atoms with Crippen molar-refractivity contribution in [3.8, 4) is 0 Å². The molecule has 1 aromatic heterocycles. The van der Waals surface area contributed by atoms with Gasteiger partial charge in [-0.15, -0.1) is 0 Å². The number of fused-ring (bicyclic) bond motifs is 1. The standard InChI is InChI=1S/C19H26N2O/c1-13(2)21(15-8-4-5-9-15)12-18(22)19-14(3)20-17-11-7-6-10-16(17)19/h6-7,10-11,13,15,20H,4-5,8-9,12H2,1-3H3. The van der Waals surface area contributed by atoms with E-state index in [1.54, 1.807) is 0 Å². The summed E-state index contributed by atoms with van der Waals surface area (Å²) in [5, 5.41) is 1.06. The van der Waals surface area contributed by atoms with Crippen molar-refractivity contribution in [3.63, 3.8) is 0 Å². The third-order valence-corrected chi connectivity index (χ3v) is 4.96. The summed E-state index contributed by atoms with van der Waals surface area (Å²) in [5.74, 6) is 0.246. The molecular formula is C19H26N2O. The molecule has 1 aromatic carbocycles. The van der Waals surface area contributed by atoms with Gasteiger partial charge in [-0.25, -0.2) is 0 Å². The first-order chi connectivity index (χ1) is 10.6. The molecule has 118 valence electrons. The quantitative estimate of drug-likeness (QED) is 0.835. The number of aryl methyl sites for hydroxylation is 1. The minimum absolute atomic E-state index is 0.246. The molecule has 0 unspecified atom stereocenters. The Morgan fingerprint density at radius 3 is 2.64 bits per heavy atom. The molecule has 22 heavy (non-hydrogen) atoms. The summed E-state index contributed by atoms with van der Waals surface area (Å²) in [5.41, 5.74) is 2.92. The Morgan fingerprint density at radius 2 is 1.95 bits per heavy atom. The van der Waals surface area contributed by atoms with Crippen molar-refractivity contribution in [2.45, 2.75) is 58.5 Å². The topological polar surface area (TPSA) is 36.1 Å². The number of hydrogen-bond donors (Lipinski definition) is 1. The van der Waals surface area contributed by atoms with Gasteiger partial charge in [-0.05, 0) is 39.7 Å². The lowest BCUT2D eigenvalue weighted by Crippen LogP contribution is -2.42. The third kappa shape index (κ3) is 2.82. The largest absolute Gasteiger partial charge is 0.358 e. The number of para-hydroxylation sites is 1. The molecule has 3 rings (SSSR count). The molecule has 2 aromatic rings. The molecule has 3 nitrogen and oxygen atoms in total. The molecule has 1 fully saturated rings. The second-order valence-electron chi connectivity index (χ2n) is 6.80. The van der Waals surface area contributed by atoms with Crippen LogP contribution in [0.15, 0.2) is 24.3 Å². The average Bonchev–Trinajstić information content (AvgIpc) is 3.10. The maximum Gasteiger partial charge on any atom is 0.179 e. The van der Waals surface area contributed by atoms with Crippen molar-refractivity contribution in [2.24, 2.45) is 0 Å². The Balaban J connectivity index is 1.87. The molecule has 0 atom stereocenters. The van der Waals surface area contributed by atoms with Crippen molar-refractivity contribution < 1.29 is 4.79 Å². The normalized spacial score (nSPS) is 16.2. The number of nitrogens with one attached hydrogen (secondary N) is 1. The maximum atomic E-state index is 13.0. The van der Waals surface area contributed by atoms with Gasteiger partial charge >= 0.3 is 0 Å². The SMILES string of the molecule is Cc1[nH]c2ccccc2c1C(=O)CN(C(C)C)C1CCCC1. The Hall–Kier alpha value is -1.61. The van der Waals surface area contributed by atoms with Crippen molar-refractivity contribution in [3.05, 3.63) is 35.5 Å². The van der Waals surface area contributed by atoms with Crippen LogP contribution in [0.25, 0.3) is 10.9 Å². The smallest absolute Gasteiger partial charge is 0.179 e. The number of H-pyrrole nitrogens is 1. The van der Waals surface area contributed by atoms with Crippen LogP contribution in [0.3, 0.4) is 0 Å². The van der Waals surface area contributed by atoms with Gasteiger partial charge in [0.15, 0.2) is 5.78 Å². The van der Waals surface area contributed by atoms with Crippen LogP contribution in [0.4, 0.5) is 0 Å². The van der Waals surface area contributed by atoms with Gasteiger partial charge in [-0.3, -0.25) is 9.69 Å². The molecule has 1 N–H and O–H groups in total. The average molecular weight is 298 g/mol. The van der Waals surface area contributed by atoms with Gasteiger partial charge in [0.25, 0.3) is 0 Å². The van der Waals surface area contributed by atoms with Gasteiger partial charge in [0.1, 0.15) is 0 Å². The highest BCUT2D eigenvalue weighted by atomic mass is 16.1. The zero-order valence-corrected chi connectivity index (χ0v) is 13.9. The van der Waals surface area contributed by atoms with Crippen molar-refractivity contribution in [1.82, 2.24) is 9.88 Å². The molecule has 1 aliphatic carbocycles. The second-order valence-corrected chi connectivity index (χ2v) is 6.80. The van der Waals surface area contributed by atoms with Crippen LogP contribution in [0.2, 0.25) is 0 Å². The minimum Gasteiger partial charge on any atom is -0.358 e. The first-order valence-corrected chi connectivity index (χ1v) is 8.44. The highest BCUT2D eigenvalue weighted by Crippen LogP contribution is 2.27. The molecular weight excluding hydrogens is 272 g/mol. The summed E-state index contributed by atoms with van der Waals surface area (Å²) in [4.78, 5) is 18.7. The molecule has 0 bridgehead atoms. The van der Waals surface area contributed by atoms with E-state index in [4.69, 9.17) is 0 Å². The molecule has 1 heterocycles. The van der Waals surface area contributed by atoms with Crippen molar-refractivity contribution in [2.75, 3.05) is 6.54 Å². The third-order valence-electron chi connectivity index (χ3n) is 4.96. The lowest BCUT2D eigenvalue weighted by Gasteiger charge is -2.31. The number of rotatable bonds is 5. The number of nitrogens with zero attached hydrogens (tertiary/aromatic N) is 1. The highest BCUT2D eigenvalue weighted by molar-refractivity contribution is 6.10. The number of hydrogen-bond acceptors (Lipinski definition) is 2. The zero-order chi connectivity index (χ0) is 15.7. The van der Waals surface area contributed by atoms with Gasteiger partial charge in [0.05, 0.1) is 6.54 Å². The molecule has 0 aliphatic heterocycles. The van der Waals surface area contributed by atoms with Crippen LogP contribution in [0.1, 0.15) is 55.6 Å². The summed E-state index contributed by atoms with van der Waals surface area (Å²) in [6.45, 7) is 6.94. The fraction of sp³-hybridized carbons (Fsp3) is 0.526. The Morgan fingerprint density at radius 1 is 1.27 bits per heavy atom. The molecule has 0 spiro atoms. The van der Waals surface area contributed by atoms with E-state index in [0.29, 0.717) is 18.6 Å².